The number of nitrogens with one attached hydrogen (secondary N) is 1. The van der Waals surface area contributed by atoms with E-state index in [2.05, 4.69) is 36.4 Å². The molecule has 0 aliphatic carbocycles. The van der Waals surface area contributed by atoms with Crippen LogP contribution in [0, 0.1) is 6.92 Å². The minimum absolute atomic E-state index is 0.0783. The van der Waals surface area contributed by atoms with Gasteiger partial charge in [-0.05, 0) is 49.7 Å². The normalized spacial score (nSPS) is 10.7. The molecule has 0 saturated heterocycles. The Kier molecular flexibility index (Phi) is 6.05. The van der Waals surface area contributed by atoms with Crippen LogP contribution in [-0.4, -0.2) is 31.4 Å². The van der Waals surface area contributed by atoms with Gasteiger partial charge in [0.1, 0.15) is 5.69 Å². The Bertz CT molecular complexity index is 913. The number of hydrogen-bond donors (Lipinski definition) is 1. The smallest absolute Gasteiger partial charge is 0.234 e. The summed E-state index contributed by atoms with van der Waals surface area (Å²) in [6.07, 6.45) is 1.73. The molecule has 2 aromatic heterocycles. The number of pyridine rings is 1. The molecule has 6 nitrogen and oxygen atoms in total. The molecule has 0 bridgehead atoms. The second kappa shape index (κ2) is 8.46. The summed E-state index contributed by atoms with van der Waals surface area (Å²) < 4.78 is 2.95. The van der Waals surface area contributed by atoms with Crippen molar-refractivity contribution in [1.29, 1.82) is 0 Å². The molecule has 2 heterocycles. The van der Waals surface area contributed by atoms with Crippen molar-refractivity contribution in [2.75, 3.05) is 11.1 Å². The number of carbonyl (C=O) groups excluding carboxylic acids is 1. The first-order valence-corrected chi connectivity index (χ1v) is 9.89. The van der Waals surface area contributed by atoms with Gasteiger partial charge in [-0.25, -0.2) is 0 Å². The Morgan fingerprint density at radius 1 is 1.27 bits per heavy atom. The van der Waals surface area contributed by atoms with Crippen LogP contribution < -0.4 is 5.32 Å². The van der Waals surface area contributed by atoms with Crippen LogP contribution in [0.25, 0.3) is 11.5 Å². The minimum atomic E-state index is -0.0783. The van der Waals surface area contributed by atoms with E-state index in [-0.39, 0.29) is 11.7 Å². The summed E-state index contributed by atoms with van der Waals surface area (Å²) in [6.45, 7) is 4.68. The number of anilines is 1. The first-order chi connectivity index (χ1) is 12.6. The Balaban J connectivity index is 1.68. The maximum Gasteiger partial charge on any atom is 0.234 e. The lowest BCUT2D eigenvalue weighted by atomic mass is 10.2. The zero-order valence-corrected chi connectivity index (χ0v) is 16.8. The van der Waals surface area contributed by atoms with Crippen molar-refractivity contribution in [3.8, 4) is 11.5 Å². The van der Waals surface area contributed by atoms with Crippen LogP contribution in [0.2, 0.25) is 0 Å². The predicted octanol–water partition coefficient (Wildman–Crippen LogP) is 4.16. The number of nitrogens with zero attached hydrogens (tertiary/aromatic N) is 4. The number of carbonyl (C=O) groups is 1. The minimum Gasteiger partial charge on any atom is -0.325 e. The molecule has 0 aliphatic rings. The summed E-state index contributed by atoms with van der Waals surface area (Å²) in [5.74, 6) is 0.890. The van der Waals surface area contributed by atoms with Crippen molar-refractivity contribution >= 4 is 39.3 Å². The summed E-state index contributed by atoms with van der Waals surface area (Å²) in [6, 6.07) is 11.4. The van der Waals surface area contributed by atoms with E-state index < -0.39 is 0 Å². The van der Waals surface area contributed by atoms with Crippen molar-refractivity contribution in [3.05, 3.63) is 52.6 Å². The molecular formula is C18H18BrN5OS. The summed E-state index contributed by atoms with van der Waals surface area (Å²) in [7, 11) is 0. The molecule has 0 atom stereocenters. The van der Waals surface area contributed by atoms with Gasteiger partial charge in [0.2, 0.25) is 5.91 Å². The molecule has 0 aliphatic heterocycles. The fourth-order valence-corrected chi connectivity index (χ4v) is 3.73. The third-order valence-electron chi connectivity index (χ3n) is 3.72. The van der Waals surface area contributed by atoms with Gasteiger partial charge in [0.15, 0.2) is 11.0 Å². The van der Waals surface area contributed by atoms with E-state index in [1.807, 2.05) is 54.8 Å². The van der Waals surface area contributed by atoms with Crippen LogP contribution in [0.3, 0.4) is 0 Å². The number of amides is 1. The quantitative estimate of drug-likeness (QED) is 0.593. The van der Waals surface area contributed by atoms with Crippen LogP contribution in [0.4, 0.5) is 5.69 Å². The fraction of sp³-hybridized carbons (Fsp3) is 0.222. The van der Waals surface area contributed by atoms with Crippen molar-refractivity contribution in [3.63, 3.8) is 0 Å². The monoisotopic (exact) mass is 431 g/mol. The van der Waals surface area contributed by atoms with Gasteiger partial charge in [-0.1, -0.05) is 33.8 Å². The lowest BCUT2D eigenvalue weighted by Crippen LogP contribution is -2.15. The molecule has 0 saturated carbocycles. The molecule has 0 spiro atoms. The van der Waals surface area contributed by atoms with E-state index in [1.54, 1.807) is 6.20 Å². The van der Waals surface area contributed by atoms with E-state index in [0.717, 1.165) is 21.4 Å². The molecule has 0 fully saturated rings. The molecule has 3 aromatic rings. The third kappa shape index (κ3) is 4.31. The Morgan fingerprint density at radius 2 is 2.12 bits per heavy atom. The van der Waals surface area contributed by atoms with Crippen LogP contribution in [0.15, 0.2) is 52.2 Å². The highest BCUT2D eigenvalue weighted by molar-refractivity contribution is 9.10. The molecule has 0 radical (unpaired) electrons. The van der Waals surface area contributed by atoms with Gasteiger partial charge in [-0.3, -0.25) is 9.78 Å². The van der Waals surface area contributed by atoms with Crippen LogP contribution in [0.1, 0.15) is 12.5 Å². The van der Waals surface area contributed by atoms with Crippen molar-refractivity contribution < 1.29 is 4.79 Å². The van der Waals surface area contributed by atoms with E-state index in [9.17, 15) is 4.79 Å². The lowest BCUT2D eigenvalue weighted by Gasteiger charge is -2.09. The number of aryl methyl sites for hydroxylation is 1. The van der Waals surface area contributed by atoms with Crippen molar-refractivity contribution in [2.45, 2.75) is 25.5 Å². The van der Waals surface area contributed by atoms with Gasteiger partial charge in [0.25, 0.3) is 0 Å². The number of rotatable bonds is 6. The average molecular weight is 432 g/mol. The molecule has 1 aromatic carbocycles. The van der Waals surface area contributed by atoms with E-state index in [1.165, 1.54) is 11.8 Å². The molecule has 3 rings (SSSR count). The molecule has 134 valence electrons. The van der Waals surface area contributed by atoms with Gasteiger partial charge in [-0.15, -0.1) is 10.2 Å². The summed E-state index contributed by atoms with van der Waals surface area (Å²) in [5.41, 5.74) is 2.58. The predicted molar refractivity (Wildman–Crippen MR) is 107 cm³/mol. The van der Waals surface area contributed by atoms with E-state index in [0.29, 0.717) is 17.5 Å². The largest absolute Gasteiger partial charge is 0.325 e. The molecular weight excluding hydrogens is 414 g/mol. The van der Waals surface area contributed by atoms with E-state index in [4.69, 9.17) is 0 Å². The second-order valence-electron chi connectivity index (χ2n) is 5.56. The topological polar surface area (TPSA) is 72.7 Å². The Hall–Kier alpha value is -2.19. The summed E-state index contributed by atoms with van der Waals surface area (Å²) in [4.78, 5) is 16.6. The SMILES string of the molecule is CCn1c(SCC(=O)Nc2ccc(Br)cc2C)nnc1-c1ccccn1. The molecule has 1 amide bonds. The number of halogens is 1. The third-order valence-corrected chi connectivity index (χ3v) is 5.18. The number of benzene rings is 1. The number of thioether (sulfide) groups is 1. The summed E-state index contributed by atoms with van der Waals surface area (Å²) in [5, 5.41) is 12.1. The summed E-state index contributed by atoms with van der Waals surface area (Å²) >= 11 is 4.79. The van der Waals surface area contributed by atoms with Crippen molar-refractivity contribution in [1.82, 2.24) is 19.7 Å². The van der Waals surface area contributed by atoms with Gasteiger partial charge < -0.3 is 9.88 Å². The highest BCUT2D eigenvalue weighted by Gasteiger charge is 2.15. The van der Waals surface area contributed by atoms with Gasteiger partial charge in [0, 0.05) is 22.9 Å². The maximum absolute atomic E-state index is 12.3. The molecule has 26 heavy (non-hydrogen) atoms. The molecule has 1 N–H and O–H groups in total. The molecule has 8 heteroatoms. The van der Waals surface area contributed by atoms with Crippen LogP contribution in [0.5, 0.6) is 0 Å². The van der Waals surface area contributed by atoms with E-state index >= 15 is 0 Å². The second-order valence-corrected chi connectivity index (χ2v) is 7.42. The van der Waals surface area contributed by atoms with Crippen molar-refractivity contribution in [2.24, 2.45) is 0 Å². The Labute approximate surface area is 164 Å². The zero-order chi connectivity index (χ0) is 18.5. The average Bonchev–Trinajstić information content (AvgIpc) is 3.06. The number of hydrogen-bond acceptors (Lipinski definition) is 5. The number of aromatic nitrogens is 4. The standard InChI is InChI=1S/C18H18BrN5OS/c1-3-24-17(15-6-4-5-9-20-15)22-23-18(24)26-11-16(25)21-14-8-7-13(19)10-12(14)2/h4-10H,3,11H2,1-2H3,(H,21,25). The molecule has 0 unspecified atom stereocenters. The lowest BCUT2D eigenvalue weighted by molar-refractivity contribution is -0.113. The van der Waals surface area contributed by atoms with Crippen LogP contribution >= 0.6 is 27.7 Å². The van der Waals surface area contributed by atoms with Gasteiger partial charge in [-0.2, -0.15) is 0 Å². The zero-order valence-electron chi connectivity index (χ0n) is 14.4. The maximum atomic E-state index is 12.3. The fourth-order valence-electron chi connectivity index (χ4n) is 2.45. The Morgan fingerprint density at radius 3 is 2.81 bits per heavy atom. The van der Waals surface area contributed by atoms with Gasteiger partial charge >= 0.3 is 0 Å². The van der Waals surface area contributed by atoms with Gasteiger partial charge in [0.05, 0.1) is 5.75 Å². The first-order valence-electron chi connectivity index (χ1n) is 8.12. The van der Waals surface area contributed by atoms with Crippen LogP contribution in [-0.2, 0) is 11.3 Å². The first kappa shape index (κ1) is 18.6. The highest BCUT2D eigenvalue weighted by atomic mass is 79.9. The highest BCUT2D eigenvalue weighted by Crippen LogP contribution is 2.24.